The summed E-state index contributed by atoms with van der Waals surface area (Å²) in [5.41, 5.74) is 33.4. The van der Waals surface area contributed by atoms with Crippen LogP contribution in [0.3, 0.4) is 0 Å². The minimum atomic E-state index is -1.85. The van der Waals surface area contributed by atoms with E-state index in [0.29, 0.717) is 17.7 Å². The zero-order chi connectivity index (χ0) is 54.9. The summed E-state index contributed by atoms with van der Waals surface area (Å²) in [4.78, 5) is 156. The first-order valence-electron chi connectivity index (χ1n) is 23.2. The highest BCUT2D eigenvalue weighted by molar-refractivity contribution is 8.76. The molecule has 31 heteroatoms. The highest BCUT2D eigenvalue weighted by Gasteiger charge is 2.40. The Hall–Kier alpha value is -7.57. The molecule has 0 saturated carbocycles. The van der Waals surface area contributed by atoms with Crippen molar-refractivity contribution >= 4 is 98.5 Å². The highest BCUT2D eigenvalue weighted by Crippen LogP contribution is 2.24. The second kappa shape index (κ2) is 31.1. The van der Waals surface area contributed by atoms with Crippen LogP contribution in [0.25, 0.3) is 0 Å². The van der Waals surface area contributed by atoms with Crippen LogP contribution in [0.2, 0.25) is 0 Å². The van der Waals surface area contributed by atoms with Gasteiger partial charge in [0.2, 0.25) is 59.1 Å². The van der Waals surface area contributed by atoms with Crippen LogP contribution in [-0.4, -0.2) is 174 Å². The van der Waals surface area contributed by atoms with Crippen molar-refractivity contribution in [2.45, 2.75) is 107 Å². The number of carbonyl (C=O) groups excluding carboxylic acids is 10. The first-order chi connectivity index (χ1) is 35.1. The number of methoxy groups -OCH3 is 1. The summed E-state index contributed by atoms with van der Waals surface area (Å²) in [6.45, 7) is -0.799. The molecule has 0 bridgehead atoms. The monoisotopic (exact) mass is 1080 g/mol. The lowest BCUT2D eigenvalue weighted by Crippen LogP contribution is -2.59. The summed E-state index contributed by atoms with van der Waals surface area (Å²) in [6.07, 6.45) is -1.63. The van der Waals surface area contributed by atoms with Crippen molar-refractivity contribution in [3.8, 4) is 5.75 Å². The van der Waals surface area contributed by atoms with E-state index in [0.717, 1.165) is 26.5 Å². The van der Waals surface area contributed by atoms with Crippen molar-refractivity contribution in [2.75, 3.05) is 44.8 Å². The smallest absolute Gasteiger partial charge is 0.305 e. The van der Waals surface area contributed by atoms with Gasteiger partial charge >= 0.3 is 5.97 Å². The van der Waals surface area contributed by atoms with E-state index in [2.05, 4.69) is 47.2 Å². The minimum Gasteiger partial charge on any atom is -0.497 e. The van der Waals surface area contributed by atoms with Crippen LogP contribution in [0.1, 0.15) is 63.4 Å². The summed E-state index contributed by atoms with van der Waals surface area (Å²) in [5, 5.41) is 27.0. The number of carbonyl (C=O) groups is 11. The number of ether oxygens (including phenoxy) is 1. The third kappa shape index (κ3) is 21.6. The van der Waals surface area contributed by atoms with Crippen molar-refractivity contribution < 1.29 is 62.6 Å². The van der Waals surface area contributed by atoms with E-state index in [1.54, 1.807) is 24.3 Å². The molecule has 2 saturated heterocycles. The maximum Gasteiger partial charge on any atom is 0.305 e. The van der Waals surface area contributed by atoms with Gasteiger partial charge < -0.3 is 86.4 Å². The van der Waals surface area contributed by atoms with E-state index in [1.165, 1.54) is 7.11 Å². The molecule has 1 aromatic carbocycles. The lowest BCUT2D eigenvalue weighted by molar-refractivity contribution is -0.143. The fourth-order valence-corrected chi connectivity index (χ4v) is 9.60. The molecule has 1 aromatic rings. The van der Waals surface area contributed by atoms with E-state index in [1.807, 2.05) is 0 Å². The summed E-state index contributed by atoms with van der Waals surface area (Å²) >= 11 is 0. The van der Waals surface area contributed by atoms with Gasteiger partial charge in [0, 0.05) is 44.0 Å². The van der Waals surface area contributed by atoms with Crippen LogP contribution < -0.4 is 76.4 Å². The zero-order valence-corrected chi connectivity index (χ0v) is 42.3. The number of nitrogens with zero attached hydrogens (tertiary/aromatic N) is 3. The van der Waals surface area contributed by atoms with E-state index in [9.17, 15) is 57.8 Å². The van der Waals surface area contributed by atoms with E-state index in [-0.39, 0.29) is 88.0 Å². The van der Waals surface area contributed by atoms with Crippen LogP contribution in [0, 0.1) is 0 Å². The average Bonchev–Trinajstić information content (AvgIpc) is 3.83. The molecule has 10 amide bonds. The number of nitrogens with one attached hydrogen (secondary N) is 7. The molecule has 0 radical (unpaired) electrons. The van der Waals surface area contributed by atoms with Gasteiger partial charge in [-0.15, -0.1) is 0 Å². The molecule has 0 aliphatic carbocycles. The predicted molar refractivity (Wildman–Crippen MR) is 271 cm³/mol. The zero-order valence-electron chi connectivity index (χ0n) is 40.6. The fraction of sp³-hybridized carbons (Fsp3) is 0.558. The van der Waals surface area contributed by atoms with Gasteiger partial charge in [0.15, 0.2) is 11.9 Å². The second-order valence-electron chi connectivity index (χ2n) is 16.9. The number of carboxylic acids is 1. The number of amides is 10. The molecule has 7 atom stereocenters. The van der Waals surface area contributed by atoms with Crippen LogP contribution in [-0.2, 0) is 59.2 Å². The number of primary amides is 2. The largest absolute Gasteiger partial charge is 0.497 e. The van der Waals surface area contributed by atoms with Crippen molar-refractivity contribution in [1.29, 1.82) is 0 Å². The summed E-state index contributed by atoms with van der Waals surface area (Å²) in [6, 6.07) is -3.88. The molecular weight excluding hydrogens is 1010 g/mol. The number of aliphatic carboxylic acids is 1. The third-order valence-electron chi connectivity index (χ3n) is 11.1. The molecule has 2 heterocycles. The topological polar surface area (TPSA) is 486 Å². The molecule has 2 aliphatic rings. The van der Waals surface area contributed by atoms with Crippen molar-refractivity contribution in [1.82, 2.24) is 42.1 Å². The highest BCUT2D eigenvalue weighted by atomic mass is 33.1. The summed E-state index contributed by atoms with van der Waals surface area (Å²) in [7, 11) is 3.58. The van der Waals surface area contributed by atoms with Crippen LogP contribution >= 0.6 is 21.6 Å². The van der Waals surface area contributed by atoms with E-state index in [4.69, 9.17) is 39.1 Å². The Morgan fingerprint density at radius 3 is 1.84 bits per heavy atom. The van der Waals surface area contributed by atoms with Gasteiger partial charge in [-0.3, -0.25) is 62.7 Å². The van der Waals surface area contributed by atoms with Crippen molar-refractivity contribution in [3.63, 3.8) is 0 Å². The number of nitrogens with two attached hydrogens (primary N) is 6. The van der Waals surface area contributed by atoms with Gasteiger partial charge in [-0.2, -0.15) is 0 Å². The molecule has 29 nitrogen and oxygen atoms in total. The number of aliphatic imine (C=N–C) groups is 2. The number of guanidine groups is 2. The van der Waals surface area contributed by atoms with Gasteiger partial charge in [-0.25, -0.2) is 0 Å². The Labute approximate surface area is 433 Å². The van der Waals surface area contributed by atoms with Crippen LogP contribution in [0.15, 0.2) is 34.3 Å². The van der Waals surface area contributed by atoms with Gasteiger partial charge in [-0.1, -0.05) is 33.7 Å². The Kier molecular flexibility index (Phi) is 25.5. The fourth-order valence-electron chi connectivity index (χ4n) is 7.43. The van der Waals surface area contributed by atoms with Gasteiger partial charge in [0.25, 0.3) is 0 Å². The Bertz CT molecular complexity index is 2250. The van der Waals surface area contributed by atoms with Gasteiger partial charge in [-0.05, 0) is 56.2 Å². The normalized spacial score (nSPS) is 23.5. The second-order valence-corrected chi connectivity index (χ2v) is 19.5. The van der Waals surface area contributed by atoms with Crippen molar-refractivity contribution in [3.05, 3.63) is 29.8 Å². The molecule has 0 unspecified atom stereocenters. The van der Waals surface area contributed by atoms with Crippen LogP contribution in [0.5, 0.6) is 5.75 Å². The number of carboxylic acid groups (broad SMARTS) is 1. The number of benzene rings is 1. The van der Waals surface area contributed by atoms with Gasteiger partial charge in [0.05, 0.1) is 26.5 Å². The Balaban J connectivity index is 2.05. The molecule has 74 heavy (non-hydrogen) atoms. The summed E-state index contributed by atoms with van der Waals surface area (Å²) in [5.74, 6) is -10.8. The molecule has 2 aliphatic heterocycles. The molecular formula is C43H66N16O13S2. The Morgan fingerprint density at radius 1 is 0.689 bits per heavy atom. The summed E-state index contributed by atoms with van der Waals surface area (Å²) < 4.78 is 5.22. The lowest BCUT2D eigenvalue weighted by Gasteiger charge is -2.29. The molecule has 2 fully saturated rings. The average molecular weight is 1080 g/mol. The maximum atomic E-state index is 14.2. The van der Waals surface area contributed by atoms with Crippen LogP contribution in [0.4, 0.5) is 0 Å². The lowest BCUT2D eigenvalue weighted by atomic mass is 10.0. The standard InChI is InChI=1S/C43H66N16O13S2/c1-72-23-10-8-22(9-11-23)17-26-38(68)55-25(6-3-14-51-43(48)49)37(67)58-29(35(45)65)21-74-73-16-12-32(61)54-28(18-31(44)60)41(71)59-15-4-7-30(59)40(70)56-24(5-2-13-50-42(46)47)36(66)52-20-33(62)53-27(19-34(63)64)39(69)57-26/h8-11,24-30H,2-7,12-21H2,1H3,(H2,44,60)(H2,45,65)(H,52,66)(H,53,62)(H,54,61)(H,55,68)(H,56,70)(H,57,69)(H,58,67)(H,63,64)(H4,46,47,50)(H4,48,49,51)/t24-,25-,26-,27-,28-,29-,30-/m0/s1. The SMILES string of the molecule is COc1ccc(C[C@@H]2NC(=O)[C@H](CC(=O)O)NC(=O)CNC(=O)[C@H](CCCN=C(N)N)NC(=O)[C@@H]3CCCN3C(=O)[C@H](CC(N)=O)NC(=O)CCSSC[C@@H](C(N)=O)NC(=O)[C@H](CCCN=C(N)N)NC2=O)cc1. The third-order valence-corrected chi connectivity index (χ3v) is 13.5. The number of hydrogen-bond acceptors (Lipinski definition) is 16. The first-order valence-corrected chi connectivity index (χ1v) is 25.7. The molecule has 408 valence electrons. The van der Waals surface area contributed by atoms with Crippen molar-refractivity contribution in [2.24, 2.45) is 44.4 Å². The Morgan fingerprint density at radius 2 is 1.26 bits per heavy atom. The molecule has 20 N–H and O–H groups in total. The van der Waals surface area contributed by atoms with E-state index < -0.39 is 127 Å². The number of rotatable bonds is 16. The molecule has 0 spiro atoms. The molecule has 3 rings (SSSR count). The first kappa shape index (κ1) is 60.7. The van der Waals surface area contributed by atoms with E-state index >= 15 is 0 Å². The quantitative estimate of drug-likeness (QED) is 0.0317. The number of fused-ring (bicyclic) bond motifs is 1. The molecule has 0 aromatic heterocycles. The predicted octanol–water partition coefficient (Wildman–Crippen LogP) is -6.02. The maximum absolute atomic E-state index is 14.2. The van der Waals surface area contributed by atoms with Gasteiger partial charge in [0.1, 0.15) is 48.0 Å². The number of hydrogen-bond donors (Lipinski definition) is 14. The minimum absolute atomic E-state index is 0.00919.